The first-order chi connectivity index (χ1) is 5.56. The van der Waals surface area contributed by atoms with Gasteiger partial charge in [0.05, 0.1) is 6.42 Å². The summed E-state index contributed by atoms with van der Waals surface area (Å²) < 4.78 is 0. The van der Waals surface area contributed by atoms with Gasteiger partial charge in [0.25, 0.3) is 0 Å². The third-order valence-corrected chi connectivity index (χ3v) is 1.25. The van der Waals surface area contributed by atoms with Crippen molar-refractivity contribution >= 4 is 17.5 Å². The van der Waals surface area contributed by atoms with Gasteiger partial charge >= 0.3 is 5.97 Å². The number of Topliss-reactive ketones (excluding diaryl/α,β-unsaturated/α-hetero) is 2. The predicted octanol–water partition coefficient (Wildman–Crippen LogP) is 0.565. The van der Waals surface area contributed by atoms with Crippen LogP contribution in [0.15, 0.2) is 12.7 Å². The maximum Gasteiger partial charge on any atom is 0.327 e. The monoisotopic (exact) mass is 170 g/mol. The molecule has 1 fully saturated rings. The van der Waals surface area contributed by atoms with Crippen LogP contribution >= 0.6 is 0 Å². The van der Waals surface area contributed by atoms with E-state index in [0.29, 0.717) is 12.8 Å². The van der Waals surface area contributed by atoms with Crippen molar-refractivity contribution in [2.75, 3.05) is 0 Å². The average Bonchev–Trinajstić information content (AvgIpc) is 2.36. The van der Waals surface area contributed by atoms with Crippen molar-refractivity contribution in [1.29, 1.82) is 0 Å². The number of carboxylic acids is 1. The first-order valence-electron chi connectivity index (χ1n) is 3.45. The molecule has 0 amide bonds. The summed E-state index contributed by atoms with van der Waals surface area (Å²) in [6.07, 6.45) is 2.00. The molecule has 0 heterocycles. The van der Waals surface area contributed by atoms with Gasteiger partial charge < -0.3 is 5.11 Å². The van der Waals surface area contributed by atoms with Gasteiger partial charge in [-0.3, -0.25) is 9.59 Å². The van der Waals surface area contributed by atoms with E-state index in [1.807, 2.05) is 0 Å². The molecule has 12 heavy (non-hydrogen) atoms. The zero-order valence-electron chi connectivity index (χ0n) is 6.58. The van der Waals surface area contributed by atoms with Gasteiger partial charge in [0.2, 0.25) is 0 Å². The molecule has 0 saturated heterocycles. The second-order valence-corrected chi connectivity index (χ2v) is 2.30. The third kappa shape index (κ3) is 5.34. The highest BCUT2D eigenvalue weighted by atomic mass is 16.4. The smallest absolute Gasteiger partial charge is 0.327 e. The second kappa shape index (κ2) is 5.23. The summed E-state index contributed by atoms with van der Waals surface area (Å²) in [6.45, 7) is 2.96. The molecule has 4 heteroatoms. The minimum Gasteiger partial charge on any atom is -0.478 e. The summed E-state index contributed by atoms with van der Waals surface area (Å²) in [4.78, 5) is 29.7. The molecular formula is C8H10O4. The highest BCUT2D eigenvalue weighted by Crippen LogP contribution is 2.07. The zero-order chi connectivity index (χ0) is 9.56. The highest BCUT2D eigenvalue weighted by Gasteiger charge is 2.17. The Labute approximate surface area is 69.9 Å². The number of hydrogen-bond acceptors (Lipinski definition) is 3. The van der Waals surface area contributed by atoms with E-state index in [-0.39, 0.29) is 18.0 Å². The fourth-order valence-corrected chi connectivity index (χ4v) is 0.676. The zero-order valence-corrected chi connectivity index (χ0v) is 6.58. The van der Waals surface area contributed by atoms with E-state index in [1.165, 1.54) is 0 Å². The lowest BCUT2D eigenvalue weighted by atomic mass is 10.3. The molecule has 1 N–H and O–H groups in total. The average molecular weight is 170 g/mol. The number of rotatable bonds is 1. The lowest BCUT2D eigenvalue weighted by Gasteiger charge is -1.71. The molecule has 0 aromatic heterocycles. The Hall–Kier alpha value is -1.45. The number of ketones is 2. The standard InChI is InChI=1S/C5H6O2.C3H4O2/c6-4-1-2-5(7)3-4;1-2-3(4)5/h1-3H2;2H,1H2,(H,4,5). The number of carbonyl (C=O) groups excluding carboxylic acids is 2. The molecule has 0 bridgehead atoms. The van der Waals surface area contributed by atoms with Crippen LogP contribution in [0.1, 0.15) is 19.3 Å². The molecule has 0 aliphatic heterocycles. The van der Waals surface area contributed by atoms with Gasteiger partial charge in [0.15, 0.2) is 0 Å². The van der Waals surface area contributed by atoms with Crippen molar-refractivity contribution in [3.63, 3.8) is 0 Å². The lowest BCUT2D eigenvalue weighted by Crippen LogP contribution is -1.88. The summed E-state index contributed by atoms with van der Waals surface area (Å²) in [5, 5.41) is 7.60. The van der Waals surface area contributed by atoms with E-state index in [0.717, 1.165) is 6.08 Å². The molecule has 1 rings (SSSR count). The van der Waals surface area contributed by atoms with Crippen molar-refractivity contribution < 1.29 is 19.5 Å². The first kappa shape index (κ1) is 10.6. The SMILES string of the molecule is C=CC(=O)O.O=C1CCC(=O)C1. The van der Waals surface area contributed by atoms with E-state index in [9.17, 15) is 14.4 Å². The van der Waals surface area contributed by atoms with Gasteiger partial charge in [-0.15, -0.1) is 0 Å². The Kier molecular flexibility index (Phi) is 4.60. The van der Waals surface area contributed by atoms with Gasteiger partial charge in [-0.25, -0.2) is 4.79 Å². The maximum absolute atomic E-state index is 10.2. The van der Waals surface area contributed by atoms with Gasteiger partial charge in [-0.2, -0.15) is 0 Å². The minimum absolute atomic E-state index is 0.102. The molecule has 4 nitrogen and oxygen atoms in total. The Morgan fingerprint density at radius 3 is 1.75 bits per heavy atom. The summed E-state index contributed by atoms with van der Waals surface area (Å²) in [7, 11) is 0. The molecule has 1 aliphatic carbocycles. The Balaban J connectivity index is 0.000000217. The van der Waals surface area contributed by atoms with Crippen LogP contribution in [0.5, 0.6) is 0 Å². The largest absolute Gasteiger partial charge is 0.478 e. The van der Waals surface area contributed by atoms with E-state index in [1.54, 1.807) is 0 Å². The molecule has 1 aliphatic rings. The van der Waals surface area contributed by atoms with E-state index < -0.39 is 5.97 Å². The molecule has 0 atom stereocenters. The van der Waals surface area contributed by atoms with Crippen LogP contribution in [0.2, 0.25) is 0 Å². The van der Waals surface area contributed by atoms with E-state index in [4.69, 9.17) is 5.11 Å². The maximum atomic E-state index is 10.2. The first-order valence-corrected chi connectivity index (χ1v) is 3.45. The molecule has 0 radical (unpaired) electrons. The molecular weight excluding hydrogens is 160 g/mol. The van der Waals surface area contributed by atoms with E-state index >= 15 is 0 Å². The molecule has 0 unspecified atom stereocenters. The fourth-order valence-electron chi connectivity index (χ4n) is 0.676. The van der Waals surface area contributed by atoms with Gasteiger partial charge in [0.1, 0.15) is 11.6 Å². The highest BCUT2D eigenvalue weighted by molar-refractivity contribution is 6.05. The quantitative estimate of drug-likeness (QED) is 0.461. The topological polar surface area (TPSA) is 71.4 Å². The van der Waals surface area contributed by atoms with Crippen molar-refractivity contribution in [1.82, 2.24) is 0 Å². The summed E-state index contributed by atoms with van der Waals surface area (Å²) >= 11 is 0. The van der Waals surface area contributed by atoms with Crippen LogP contribution in [-0.2, 0) is 14.4 Å². The number of carboxylic acid groups (broad SMARTS) is 1. The number of aliphatic carboxylic acids is 1. The Bertz CT molecular complexity index is 203. The Morgan fingerprint density at radius 2 is 1.67 bits per heavy atom. The van der Waals surface area contributed by atoms with Crippen molar-refractivity contribution in [2.24, 2.45) is 0 Å². The van der Waals surface area contributed by atoms with Crippen LogP contribution < -0.4 is 0 Å². The Morgan fingerprint density at radius 1 is 1.33 bits per heavy atom. The summed E-state index contributed by atoms with van der Waals surface area (Å²) in [5.74, 6) is -0.778. The van der Waals surface area contributed by atoms with Crippen LogP contribution in [0, 0.1) is 0 Å². The van der Waals surface area contributed by atoms with Gasteiger partial charge in [0, 0.05) is 18.9 Å². The lowest BCUT2D eigenvalue weighted by molar-refractivity contribution is -0.131. The van der Waals surface area contributed by atoms with Gasteiger partial charge in [-0.1, -0.05) is 6.58 Å². The summed E-state index contributed by atoms with van der Waals surface area (Å²) in [6, 6.07) is 0. The summed E-state index contributed by atoms with van der Waals surface area (Å²) in [5.41, 5.74) is 0. The molecule has 66 valence electrons. The molecule has 0 aromatic rings. The van der Waals surface area contributed by atoms with Crippen LogP contribution in [0.4, 0.5) is 0 Å². The molecule has 0 spiro atoms. The van der Waals surface area contributed by atoms with Crippen LogP contribution in [0.3, 0.4) is 0 Å². The van der Waals surface area contributed by atoms with Crippen molar-refractivity contribution in [3.05, 3.63) is 12.7 Å². The van der Waals surface area contributed by atoms with Gasteiger partial charge in [-0.05, 0) is 0 Å². The minimum atomic E-state index is -0.981. The predicted molar refractivity (Wildman–Crippen MR) is 41.7 cm³/mol. The van der Waals surface area contributed by atoms with Crippen LogP contribution in [-0.4, -0.2) is 22.6 Å². The third-order valence-electron chi connectivity index (χ3n) is 1.25. The fraction of sp³-hybridized carbons (Fsp3) is 0.375. The second-order valence-electron chi connectivity index (χ2n) is 2.30. The van der Waals surface area contributed by atoms with E-state index in [2.05, 4.69) is 6.58 Å². The van der Waals surface area contributed by atoms with Crippen LogP contribution in [0.25, 0.3) is 0 Å². The number of carbonyl (C=O) groups is 3. The van der Waals surface area contributed by atoms with Crippen molar-refractivity contribution in [3.8, 4) is 0 Å². The van der Waals surface area contributed by atoms with Crippen molar-refractivity contribution in [2.45, 2.75) is 19.3 Å². The normalized spacial score (nSPS) is 15.0. The number of hydrogen-bond donors (Lipinski definition) is 1. The molecule has 0 aromatic carbocycles. The molecule has 1 saturated carbocycles.